The van der Waals surface area contributed by atoms with Gasteiger partial charge in [0.15, 0.2) is 5.11 Å². The highest BCUT2D eigenvalue weighted by Gasteiger charge is 2.42. The molecule has 2 atom stereocenters. The Morgan fingerprint density at radius 1 is 1.14 bits per heavy atom. The fourth-order valence-electron chi connectivity index (χ4n) is 5.23. The molecule has 0 bridgehead atoms. The van der Waals surface area contributed by atoms with E-state index in [2.05, 4.69) is 66.1 Å². The lowest BCUT2D eigenvalue weighted by Crippen LogP contribution is -2.42. The molecule has 0 amide bonds. The van der Waals surface area contributed by atoms with Crippen molar-refractivity contribution in [1.29, 1.82) is 0 Å². The third-order valence-electron chi connectivity index (χ3n) is 7.18. The van der Waals surface area contributed by atoms with Gasteiger partial charge in [-0.3, -0.25) is 4.98 Å². The zero-order valence-electron chi connectivity index (χ0n) is 21.2. The summed E-state index contributed by atoms with van der Waals surface area (Å²) in [6.45, 7) is 9.20. The van der Waals surface area contributed by atoms with E-state index in [4.69, 9.17) is 28.6 Å². The van der Waals surface area contributed by atoms with E-state index in [1.807, 2.05) is 55.6 Å². The van der Waals surface area contributed by atoms with Gasteiger partial charge in [0.05, 0.1) is 29.9 Å². The highest BCUT2D eigenvalue weighted by molar-refractivity contribution is 7.80. The summed E-state index contributed by atoms with van der Waals surface area (Å²) in [4.78, 5) is 9.10. The van der Waals surface area contributed by atoms with Gasteiger partial charge in [-0.05, 0) is 99.6 Å². The van der Waals surface area contributed by atoms with Crippen molar-refractivity contribution in [2.75, 3.05) is 23.5 Å². The molecule has 7 heteroatoms. The first-order valence-corrected chi connectivity index (χ1v) is 13.0. The van der Waals surface area contributed by atoms with E-state index < -0.39 is 0 Å². The number of likely N-dealkylation sites (N-methyl/N-ethyl adjacent to an activating group) is 1. The third-order valence-corrected chi connectivity index (χ3v) is 7.82. The Kier molecular flexibility index (Phi) is 6.43. The van der Waals surface area contributed by atoms with Crippen LogP contribution in [-0.2, 0) is 0 Å². The summed E-state index contributed by atoms with van der Waals surface area (Å²) in [5.41, 5.74) is 6.35. The van der Waals surface area contributed by atoms with Gasteiger partial charge in [0, 0.05) is 35.2 Å². The fraction of sp³-hybridized carbons (Fsp3) is 0.310. The van der Waals surface area contributed by atoms with Gasteiger partial charge in [-0.2, -0.15) is 0 Å². The molecule has 1 N–H and O–H groups in total. The number of halogens is 1. The second-order valence-corrected chi connectivity index (χ2v) is 10.6. The Morgan fingerprint density at radius 3 is 2.56 bits per heavy atom. The highest BCUT2D eigenvalue weighted by atomic mass is 35.5. The predicted molar refractivity (Wildman–Crippen MR) is 153 cm³/mol. The molecule has 0 aliphatic carbocycles. The minimum Gasteiger partial charge on any atom is -0.494 e. The molecule has 1 saturated heterocycles. The number of nitrogens with one attached hydrogen (secondary N) is 1. The predicted octanol–water partition coefficient (Wildman–Crippen LogP) is 6.94. The Balaban J connectivity index is 1.66. The standard InChI is InChI=1S/C29H31ClN4OS/c1-6-35-20-12-10-19(11-13-20)34-27(26(32-28(34)36)24-9-7-8-14-31-24)22-15-21-18(2)17-29(3,4)33(5)25(21)16-23(22)30/h7-17,26-27H,6H2,1-5H3,(H,32,36). The number of fused-ring (bicyclic) bond motifs is 1. The van der Waals surface area contributed by atoms with Crippen LogP contribution in [0.4, 0.5) is 11.4 Å². The van der Waals surface area contributed by atoms with Crippen LogP contribution in [0, 0.1) is 0 Å². The van der Waals surface area contributed by atoms with Crippen molar-refractivity contribution in [2.24, 2.45) is 0 Å². The SMILES string of the molecule is CCOc1ccc(N2C(=S)NC(c3ccccn3)C2c2cc3c(cc2Cl)N(C)C(C)(C)C=C3C)cc1. The summed E-state index contributed by atoms with van der Waals surface area (Å²) in [6.07, 6.45) is 4.13. The average Bonchev–Trinajstić information content (AvgIpc) is 3.20. The third kappa shape index (κ3) is 4.22. The number of nitrogens with zero attached hydrogens (tertiary/aromatic N) is 3. The number of benzene rings is 2. The van der Waals surface area contributed by atoms with Gasteiger partial charge in [-0.15, -0.1) is 0 Å². The summed E-state index contributed by atoms with van der Waals surface area (Å²) in [7, 11) is 2.12. The van der Waals surface area contributed by atoms with Gasteiger partial charge < -0.3 is 19.9 Å². The number of ether oxygens (including phenoxy) is 1. The Morgan fingerprint density at radius 2 is 1.89 bits per heavy atom. The molecule has 36 heavy (non-hydrogen) atoms. The molecule has 5 nitrogen and oxygen atoms in total. The quantitative estimate of drug-likeness (QED) is 0.369. The van der Waals surface area contributed by atoms with Crippen molar-refractivity contribution < 1.29 is 4.74 Å². The number of anilines is 2. The Labute approximate surface area is 223 Å². The van der Waals surface area contributed by atoms with Crippen molar-refractivity contribution in [3.8, 4) is 5.75 Å². The van der Waals surface area contributed by atoms with Crippen LogP contribution >= 0.6 is 23.8 Å². The first-order valence-electron chi connectivity index (χ1n) is 12.2. The van der Waals surface area contributed by atoms with Crippen molar-refractivity contribution in [2.45, 2.75) is 45.3 Å². The van der Waals surface area contributed by atoms with Crippen molar-refractivity contribution in [3.63, 3.8) is 0 Å². The van der Waals surface area contributed by atoms with Crippen LogP contribution in [0.15, 0.2) is 66.9 Å². The van der Waals surface area contributed by atoms with Crippen molar-refractivity contribution >= 4 is 45.9 Å². The van der Waals surface area contributed by atoms with Crippen LogP contribution in [0.2, 0.25) is 5.02 Å². The first-order chi connectivity index (χ1) is 17.2. The maximum absolute atomic E-state index is 7.08. The lowest BCUT2D eigenvalue weighted by Gasteiger charge is -2.41. The molecule has 186 valence electrons. The van der Waals surface area contributed by atoms with Gasteiger partial charge in [-0.1, -0.05) is 23.7 Å². The van der Waals surface area contributed by atoms with Crippen LogP contribution < -0.4 is 19.9 Å². The summed E-state index contributed by atoms with van der Waals surface area (Å²) in [5, 5.41) is 4.87. The van der Waals surface area contributed by atoms with Crippen molar-refractivity contribution in [1.82, 2.24) is 10.3 Å². The summed E-state index contributed by atoms with van der Waals surface area (Å²) in [5.74, 6) is 0.829. The normalized spacial score (nSPS) is 20.6. The van der Waals surface area contributed by atoms with E-state index in [1.54, 1.807) is 0 Å². The molecule has 1 fully saturated rings. The number of hydrogen-bond donors (Lipinski definition) is 1. The van der Waals surface area contributed by atoms with E-state index >= 15 is 0 Å². The molecule has 0 radical (unpaired) electrons. The second-order valence-electron chi connectivity index (χ2n) is 9.85. The zero-order chi connectivity index (χ0) is 25.6. The number of rotatable bonds is 5. The molecule has 2 unspecified atom stereocenters. The lowest BCUT2D eigenvalue weighted by molar-refractivity contribution is 0.340. The average molecular weight is 519 g/mol. The number of hydrogen-bond acceptors (Lipinski definition) is 4. The fourth-order valence-corrected chi connectivity index (χ4v) is 5.85. The molecule has 0 saturated carbocycles. The molecule has 1 aromatic heterocycles. The molecule has 2 aromatic carbocycles. The highest BCUT2D eigenvalue weighted by Crippen LogP contribution is 2.48. The Bertz CT molecular complexity index is 1320. The molecule has 2 aliphatic rings. The van der Waals surface area contributed by atoms with E-state index in [-0.39, 0.29) is 17.6 Å². The number of pyridine rings is 1. The molecular weight excluding hydrogens is 488 g/mol. The zero-order valence-corrected chi connectivity index (χ0v) is 22.8. The van der Waals surface area contributed by atoms with E-state index in [9.17, 15) is 0 Å². The second kappa shape index (κ2) is 9.41. The maximum Gasteiger partial charge on any atom is 0.174 e. The minimum atomic E-state index is -0.184. The molecular formula is C29H31ClN4OS. The monoisotopic (exact) mass is 518 g/mol. The van der Waals surface area contributed by atoms with Gasteiger partial charge in [0.25, 0.3) is 0 Å². The molecule has 0 spiro atoms. The number of aromatic nitrogens is 1. The van der Waals surface area contributed by atoms with Gasteiger partial charge in [-0.25, -0.2) is 0 Å². The molecule has 2 aliphatic heterocycles. The van der Waals surface area contributed by atoms with Crippen LogP contribution in [0.3, 0.4) is 0 Å². The van der Waals surface area contributed by atoms with Crippen LogP contribution in [0.25, 0.3) is 5.57 Å². The molecule has 3 heterocycles. The van der Waals surface area contributed by atoms with E-state index in [0.29, 0.717) is 16.7 Å². The summed E-state index contributed by atoms with van der Waals surface area (Å²) >= 11 is 13.0. The molecule has 3 aromatic rings. The van der Waals surface area contributed by atoms with Gasteiger partial charge >= 0.3 is 0 Å². The number of allylic oxidation sites excluding steroid dienone is 1. The van der Waals surface area contributed by atoms with Crippen LogP contribution in [-0.4, -0.2) is 29.3 Å². The first kappa shape index (κ1) is 24.6. The summed E-state index contributed by atoms with van der Waals surface area (Å²) in [6, 6.07) is 18.0. The minimum absolute atomic E-state index is 0.0940. The van der Waals surface area contributed by atoms with Crippen LogP contribution in [0.1, 0.15) is 56.6 Å². The van der Waals surface area contributed by atoms with Gasteiger partial charge in [0.1, 0.15) is 5.75 Å². The van der Waals surface area contributed by atoms with Gasteiger partial charge in [0.2, 0.25) is 0 Å². The van der Waals surface area contributed by atoms with E-state index in [0.717, 1.165) is 28.4 Å². The smallest absolute Gasteiger partial charge is 0.174 e. The van der Waals surface area contributed by atoms with Crippen LogP contribution in [0.5, 0.6) is 5.75 Å². The summed E-state index contributed by atoms with van der Waals surface area (Å²) < 4.78 is 5.66. The topological polar surface area (TPSA) is 40.6 Å². The maximum atomic E-state index is 7.08. The largest absolute Gasteiger partial charge is 0.494 e. The van der Waals surface area contributed by atoms with Crippen molar-refractivity contribution in [3.05, 3.63) is 88.7 Å². The van der Waals surface area contributed by atoms with E-state index in [1.165, 1.54) is 11.1 Å². The molecule has 5 rings (SSSR count). The Hall–Kier alpha value is -3.09. The number of thiocarbonyl (C=S) groups is 1. The lowest BCUT2D eigenvalue weighted by atomic mass is 9.86.